The van der Waals surface area contributed by atoms with Gasteiger partial charge in [0.15, 0.2) is 0 Å². The Kier molecular flexibility index (Phi) is 3.86. The zero-order valence-corrected chi connectivity index (χ0v) is 13.7. The standard InChI is InChI=1S/C15H22N4OS/c1-11-8-12-13(16-10-17-14(12)21-11)19-6-4-15(20,5-7-19)9-18(2)3/h8,10,20H,4-7,9H2,1-3H3. The number of hydrogen-bond acceptors (Lipinski definition) is 6. The maximum absolute atomic E-state index is 10.6. The summed E-state index contributed by atoms with van der Waals surface area (Å²) in [6.07, 6.45) is 3.20. The van der Waals surface area contributed by atoms with E-state index in [4.69, 9.17) is 0 Å². The molecule has 0 aromatic carbocycles. The Morgan fingerprint density at radius 3 is 2.71 bits per heavy atom. The Balaban J connectivity index is 1.80. The Hall–Kier alpha value is -1.24. The number of aryl methyl sites for hydroxylation is 1. The topological polar surface area (TPSA) is 52.5 Å². The number of thiophene rings is 1. The summed E-state index contributed by atoms with van der Waals surface area (Å²) >= 11 is 1.70. The minimum atomic E-state index is -0.573. The minimum absolute atomic E-state index is 0.573. The first kappa shape index (κ1) is 14.7. The van der Waals surface area contributed by atoms with E-state index >= 15 is 0 Å². The van der Waals surface area contributed by atoms with Crippen LogP contribution in [0.2, 0.25) is 0 Å². The monoisotopic (exact) mass is 306 g/mol. The van der Waals surface area contributed by atoms with E-state index in [1.807, 2.05) is 14.1 Å². The molecule has 114 valence electrons. The third kappa shape index (κ3) is 3.02. The van der Waals surface area contributed by atoms with E-state index in [1.165, 1.54) is 4.88 Å². The van der Waals surface area contributed by atoms with Crippen LogP contribution < -0.4 is 4.90 Å². The highest BCUT2D eigenvalue weighted by molar-refractivity contribution is 7.18. The van der Waals surface area contributed by atoms with Crippen LogP contribution in [0, 0.1) is 6.92 Å². The highest BCUT2D eigenvalue weighted by Crippen LogP contribution is 2.32. The van der Waals surface area contributed by atoms with Crippen LogP contribution in [0.1, 0.15) is 17.7 Å². The molecule has 6 heteroatoms. The number of aliphatic hydroxyl groups is 1. The number of hydrogen-bond donors (Lipinski definition) is 1. The Labute approximate surface area is 129 Å². The number of piperidine rings is 1. The fourth-order valence-electron chi connectivity index (χ4n) is 3.10. The summed E-state index contributed by atoms with van der Waals surface area (Å²) in [5, 5.41) is 11.8. The number of likely N-dealkylation sites (N-methyl/N-ethyl adjacent to an activating group) is 1. The van der Waals surface area contributed by atoms with Crippen LogP contribution in [0.5, 0.6) is 0 Å². The second-order valence-electron chi connectivity index (χ2n) is 6.22. The number of fused-ring (bicyclic) bond motifs is 1. The predicted molar refractivity (Wildman–Crippen MR) is 87.1 cm³/mol. The van der Waals surface area contributed by atoms with Crippen LogP contribution in [0.4, 0.5) is 5.82 Å². The first-order valence-electron chi connectivity index (χ1n) is 7.30. The van der Waals surface area contributed by atoms with E-state index in [0.29, 0.717) is 0 Å². The lowest BCUT2D eigenvalue weighted by atomic mass is 9.91. The van der Waals surface area contributed by atoms with Crippen molar-refractivity contribution in [1.82, 2.24) is 14.9 Å². The molecule has 0 unspecified atom stereocenters. The van der Waals surface area contributed by atoms with E-state index in [1.54, 1.807) is 17.7 Å². The van der Waals surface area contributed by atoms with Crippen molar-refractivity contribution in [2.24, 2.45) is 0 Å². The van der Waals surface area contributed by atoms with Crippen molar-refractivity contribution in [2.45, 2.75) is 25.4 Å². The number of anilines is 1. The van der Waals surface area contributed by atoms with Gasteiger partial charge in [-0.15, -0.1) is 11.3 Å². The van der Waals surface area contributed by atoms with Gasteiger partial charge in [0.2, 0.25) is 0 Å². The summed E-state index contributed by atoms with van der Waals surface area (Å²) in [7, 11) is 4.01. The maximum atomic E-state index is 10.6. The fourth-order valence-corrected chi connectivity index (χ4v) is 3.94. The second-order valence-corrected chi connectivity index (χ2v) is 7.46. The zero-order chi connectivity index (χ0) is 15.0. The number of rotatable bonds is 3. The molecular weight excluding hydrogens is 284 g/mol. The van der Waals surface area contributed by atoms with Gasteiger partial charge in [-0.05, 0) is 39.9 Å². The smallest absolute Gasteiger partial charge is 0.140 e. The lowest BCUT2D eigenvalue weighted by Crippen LogP contribution is -2.49. The molecular formula is C15H22N4OS. The van der Waals surface area contributed by atoms with E-state index < -0.39 is 5.60 Å². The summed E-state index contributed by atoms with van der Waals surface area (Å²) in [5.74, 6) is 1.01. The molecule has 0 aliphatic carbocycles. The summed E-state index contributed by atoms with van der Waals surface area (Å²) in [4.78, 5) is 15.5. The molecule has 1 N–H and O–H groups in total. The highest BCUT2D eigenvalue weighted by Gasteiger charge is 2.33. The molecule has 3 heterocycles. The molecule has 1 saturated heterocycles. The summed E-state index contributed by atoms with van der Waals surface area (Å²) in [6, 6.07) is 2.16. The number of aromatic nitrogens is 2. The molecule has 5 nitrogen and oxygen atoms in total. The van der Waals surface area contributed by atoms with Crippen LogP contribution in [0.15, 0.2) is 12.4 Å². The summed E-state index contributed by atoms with van der Waals surface area (Å²) in [5.41, 5.74) is -0.573. The Morgan fingerprint density at radius 1 is 1.33 bits per heavy atom. The van der Waals surface area contributed by atoms with Crippen molar-refractivity contribution >= 4 is 27.4 Å². The van der Waals surface area contributed by atoms with Crippen molar-refractivity contribution in [1.29, 1.82) is 0 Å². The highest BCUT2D eigenvalue weighted by atomic mass is 32.1. The molecule has 3 rings (SSSR count). The number of nitrogens with zero attached hydrogens (tertiary/aromatic N) is 4. The van der Waals surface area contributed by atoms with Gasteiger partial charge >= 0.3 is 0 Å². The third-order valence-electron chi connectivity index (χ3n) is 4.04. The van der Waals surface area contributed by atoms with E-state index in [9.17, 15) is 5.11 Å². The largest absolute Gasteiger partial charge is 0.388 e. The first-order valence-corrected chi connectivity index (χ1v) is 8.12. The van der Waals surface area contributed by atoms with Gasteiger partial charge in [0.05, 0.1) is 11.0 Å². The van der Waals surface area contributed by atoms with Crippen molar-refractivity contribution in [2.75, 3.05) is 38.6 Å². The SMILES string of the molecule is Cc1cc2c(N3CCC(O)(CN(C)C)CC3)ncnc2s1. The molecule has 0 atom stereocenters. The molecule has 21 heavy (non-hydrogen) atoms. The second kappa shape index (κ2) is 5.51. The summed E-state index contributed by atoms with van der Waals surface area (Å²) < 4.78 is 0. The van der Waals surface area contributed by atoms with E-state index in [2.05, 4.69) is 32.8 Å². The van der Waals surface area contributed by atoms with Gasteiger partial charge in [-0.25, -0.2) is 9.97 Å². The van der Waals surface area contributed by atoms with Crippen molar-refractivity contribution in [3.63, 3.8) is 0 Å². The van der Waals surface area contributed by atoms with Crippen LogP contribution in [0.25, 0.3) is 10.2 Å². The lowest BCUT2D eigenvalue weighted by molar-refractivity contribution is -0.00543. The molecule has 1 aliphatic heterocycles. The van der Waals surface area contributed by atoms with Crippen LogP contribution in [0.3, 0.4) is 0 Å². The zero-order valence-electron chi connectivity index (χ0n) is 12.8. The van der Waals surface area contributed by atoms with Crippen molar-refractivity contribution in [3.8, 4) is 0 Å². The van der Waals surface area contributed by atoms with Crippen molar-refractivity contribution in [3.05, 3.63) is 17.3 Å². The molecule has 1 aliphatic rings. The Bertz CT molecular complexity index is 632. The maximum Gasteiger partial charge on any atom is 0.140 e. The third-order valence-corrected chi connectivity index (χ3v) is 4.99. The van der Waals surface area contributed by atoms with Crippen LogP contribution in [-0.2, 0) is 0 Å². The molecule has 1 fully saturated rings. The lowest BCUT2D eigenvalue weighted by Gasteiger charge is -2.40. The molecule has 2 aromatic heterocycles. The molecule has 2 aromatic rings. The Morgan fingerprint density at radius 2 is 2.05 bits per heavy atom. The predicted octanol–water partition coefficient (Wildman–Crippen LogP) is 1.89. The van der Waals surface area contributed by atoms with Gasteiger partial charge in [0.1, 0.15) is 17.0 Å². The van der Waals surface area contributed by atoms with Crippen LogP contribution >= 0.6 is 11.3 Å². The van der Waals surface area contributed by atoms with Crippen molar-refractivity contribution < 1.29 is 5.11 Å². The average Bonchev–Trinajstić information content (AvgIpc) is 2.78. The van der Waals surface area contributed by atoms with Gasteiger partial charge in [0, 0.05) is 24.5 Å². The summed E-state index contributed by atoms with van der Waals surface area (Å²) in [6.45, 7) is 4.50. The first-order chi connectivity index (χ1) is 9.97. The van der Waals surface area contributed by atoms with Gasteiger partial charge in [-0.3, -0.25) is 0 Å². The molecule has 0 radical (unpaired) electrons. The van der Waals surface area contributed by atoms with Gasteiger partial charge < -0.3 is 14.9 Å². The van der Waals surface area contributed by atoms with Crippen LogP contribution in [-0.4, -0.2) is 59.3 Å². The normalized spacial score (nSPS) is 18.6. The average molecular weight is 306 g/mol. The van der Waals surface area contributed by atoms with Gasteiger partial charge in [0.25, 0.3) is 0 Å². The van der Waals surface area contributed by atoms with E-state index in [0.717, 1.165) is 48.5 Å². The molecule has 0 saturated carbocycles. The van der Waals surface area contributed by atoms with Gasteiger partial charge in [-0.1, -0.05) is 0 Å². The quantitative estimate of drug-likeness (QED) is 0.938. The van der Waals surface area contributed by atoms with Gasteiger partial charge in [-0.2, -0.15) is 0 Å². The molecule has 0 spiro atoms. The molecule has 0 amide bonds. The molecule has 0 bridgehead atoms. The minimum Gasteiger partial charge on any atom is -0.388 e. The fraction of sp³-hybridized carbons (Fsp3) is 0.600. The van der Waals surface area contributed by atoms with E-state index in [-0.39, 0.29) is 0 Å².